The third-order valence-electron chi connectivity index (χ3n) is 3.07. The van der Waals surface area contributed by atoms with Crippen LogP contribution in [0, 0.1) is 0 Å². The van der Waals surface area contributed by atoms with E-state index in [4.69, 9.17) is 9.84 Å². The molecular formula is C13H11NO5S2. The fourth-order valence-corrected chi connectivity index (χ4v) is 4.72. The van der Waals surface area contributed by atoms with Crippen LogP contribution in [0.2, 0.25) is 0 Å². The molecule has 1 aliphatic heterocycles. The number of sulfonamides is 1. The normalized spacial score (nSPS) is 14.4. The highest BCUT2D eigenvalue weighted by Gasteiger charge is 2.32. The van der Waals surface area contributed by atoms with Gasteiger partial charge in [-0.2, -0.15) is 0 Å². The number of carboxylic acids is 1. The van der Waals surface area contributed by atoms with Crippen LogP contribution in [0.25, 0.3) is 0 Å². The largest absolute Gasteiger partial charge is 0.489 e. The Morgan fingerprint density at radius 1 is 1.29 bits per heavy atom. The summed E-state index contributed by atoms with van der Waals surface area (Å²) in [7, 11) is -3.70. The van der Waals surface area contributed by atoms with Crippen molar-refractivity contribution in [2.24, 2.45) is 0 Å². The van der Waals surface area contributed by atoms with E-state index in [2.05, 4.69) is 0 Å². The minimum atomic E-state index is -3.70. The summed E-state index contributed by atoms with van der Waals surface area (Å²) in [5, 5.41) is 10.9. The standard InChI is InChI=1S/C13H11NO5S2/c15-13(16)9-3-1-4-10-12(9)19-7-6-14(10)21(17,18)11-5-2-8-20-11/h1-5,8H,6-7H2,(H,15,16). The van der Waals surface area contributed by atoms with E-state index in [9.17, 15) is 13.2 Å². The zero-order chi connectivity index (χ0) is 15.0. The number of fused-ring (bicyclic) bond motifs is 1. The summed E-state index contributed by atoms with van der Waals surface area (Å²) >= 11 is 1.12. The lowest BCUT2D eigenvalue weighted by molar-refractivity contribution is 0.0692. The van der Waals surface area contributed by atoms with Crippen molar-refractivity contribution < 1.29 is 23.1 Å². The van der Waals surface area contributed by atoms with Crippen LogP contribution in [0.15, 0.2) is 39.9 Å². The Kier molecular flexibility index (Phi) is 3.34. The summed E-state index contributed by atoms with van der Waals surface area (Å²) in [6.07, 6.45) is 0. The van der Waals surface area contributed by atoms with Gasteiger partial charge >= 0.3 is 5.97 Å². The Balaban J connectivity index is 2.14. The highest BCUT2D eigenvalue weighted by Crippen LogP contribution is 2.38. The predicted molar refractivity (Wildman–Crippen MR) is 77.7 cm³/mol. The number of anilines is 1. The smallest absolute Gasteiger partial charge is 0.339 e. The zero-order valence-electron chi connectivity index (χ0n) is 10.7. The Hall–Kier alpha value is -2.06. The van der Waals surface area contributed by atoms with E-state index in [0.29, 0.717) is 0 Å². The van der Waals surface area contributed by atoms with E-state index in [1.165, 1.54) is 22.5 Å². The molecule has 0 fully saturated rings. The molecule has 2 aromatic rings. The number of para-hydroxylation sites is 1. The summed E-state index contributed by atoms with van der Waals surface area (Å²) in [6, 6.07) is 7.63. The number of aromatic carboxylic acids is 1. The molecule has 0 aliphatic carbocycles. The van der Waals surface area contributed by atoms with Gasteiger partial charge in [0.25, 0.3) is 10.0 Å². The number of ether oxygens (including phenoxy) is 1. The highest BCUT2D eigenvalue weighted by molar-refractivity contribution is 7.94. The average molecular weight is 325 g/mol. The molecular weight excluding hydrogens is 314 g/mol. The number of hydrogen-bond donors (Lipinski definition) is 1. The minimum Gasteiger partial charge on any atom is -0.489 e. The van der Waals surface area contributed by atoms with Crippen LogP contribution in [0.4, 0.5) is 5.69 Å². The topological polar surface area (TPSA) is 83.9 Å². The lowest BCUT2D eigenvalue weighted by Crippen LogP contribution is -2.38. The SMILES string of the molecule is O=C(O)c1cccc2c1OCCN2S(=O)(=O)c1cccs1. The monoisotopic (exact) mass is 325 g/mol. The minimum absolute atomic E-state index is 0.0430. The summed E-state index contributed by atoms with van der Waals surface area (Å²) in [5.74, 6) is -1.06. The molecule has 0 spiro atoms. The molecule has 2 heterocycles. The molecule has 0 radical (unpaired) electrons. The number of hydrogen-bond acceptors (Lipinski definition) is 5. The van der Waals surface area contributed by atoms with Crippen LogP contribution in [-0.4, -0.2) is 32.6 Å². The molecule has 0 unspecified atom stereocenters. The van der Waals surface area contributed by atoms with E-state index in [-0.39, 0.29) is 34.4 Å². The van der Waals surface area contributed by atoms with E-state index in [1.54, 1.807) is 17.5 Å². The summed E-state index contributed by atoms with van der Waals surface area (Å²) in [4.78, 5) is 11.2. The first-order chi connectivity index (χ1) is 10.0. The van der Waals surface area contributed by atoms with Crippen LogP contribution in [0.1, 0.15) is 10.4 Å². The number of thiophene rings is 1. The maximum atomic E-state index is 12.6. The van der Waals surface area contributed by atoms with Crippen molar-refractivity contribution in [2.45, 2.75) is 4.21 Å². The van der Waals surface area contributed by atoms with E-state index < -0.39 is 16.0 Å². The first-order valence-electron chi connectivity index (χ1n) is 6.07. The van der Waals surface area contributed by atoms with Gasteiger partial charge in [0.05, 0.1) is 12.2 Å². The summed E-state index contributed by atoms with van der Waals surface area (Å²) in [6.45, 7) is 0.262. The van der Waals surface area contributed by atoms with Gasteiger partial charge in [-0.3, -0.25) is 4.31 Å². The maximum absolute atomic E-state index is 12.6. The van der Waals surface area contributed by atoms with E-state index in [0.717, 1.165) is 11.3 Å². The van der Waals surface area contributed by atoms with Crippen molar-refractivity contribution in [1.82, 2.24) is 0 Å². The Morgan fingerprint density at radius 2 is 2.10 bits per heavy atom. The number of carbonyl (C=O) groups is 1. The van der Waals surface area contributed by atoms with Crippen molar-refractivity contribution in [3.05, 3.63) is 41.3 Å². The molecule has 1 aromatic heterocycles. The second-order valence-corrected chi connectivity index (χ2v) is 7.35. The third kappa shape index (κ3) is 2.26. The Labute approximate surface area is 125 Å². The molecule has 1 aromatic carbocycles. The predicted octanol–water partition coefficient (Wildman–Crippen LogP) is 2.03. The van der Waals surface area contributed by atoms with E-state index in [1.807, 2.05) is 0 Å². The summed E-state index contributed by atoms with van der Waals surface area (Å²) in [5.41, 5.74) is 0.216. The molecule has 0 saturated carbocycles. The van der Waals surface area contributed by atoms with Crippen LogP contribution in [0.5, 0.6) is 5.75 Å². The number of benzene rings is 1. The first kappa shape index (κ1) is 13.9. The molecule has 8 heteroatoms. The van der Waals surface area contributed by atoms with Gasteiger partial charge in [-0.25, -0.2) is 13.2 Å². The van der Waals surface area contributed by atoms with Crippen molar-refractivity contribution in [3.63, 3.8) is 0 Å². The van der Waals surface area contributed by atoms with Gasteiger partial charge in [0.2, 0.25) is 0 Å². The van der Waals surface area contributed by atoms with Gasteiger partial charge in [0.1, 0.15) is 16.4 Å². The molecule has 1 N–H and O–H groups in total. The average Bonchev–Trinajstić information content (AvgIpc) is 3.00. The number of rotatable bonds is 3. The third-order valence-corrected chi connectivity index (χ3v) is 6.26. The second kappa shape index (κ2) is 5.05. The van der Waals surface area contributed by atoms with Crippen molar-refractivity contribution in [3.8, 4) is 5.75 Å². The molecule has 21 heavy (non-hydrogen) atoms. The van der Waals surface area contributed by atoms with Gasteiger partial charge in [0, 0.05) is 0 Å². The highest BCUT2D eigenvalue weighted by atomic mass is 32.2. The van der Waals surface area contributed by atoms with Gasteiger partial charge < -0.3 is 9.84 Å². The van der Waals surface area contributed by atoms with Gasteiger partial charge in [-0.05, 0) is 23.6 Å². The number of carboxylic acid groups (broad SMARTS) is 1. The first-order valence-corrected chi connectivity index (χ1v) is 8.39. The summed E-state index contributed by atoms with van der Waals surface area (Å²) < 4.78 is 32.0. The fourth-order valence-electron chi connectivity index (χ4n) is 2.16. The maximum Gasteiger partial charge on any atom is 0.339 e. The molecule has 0 saturated heterocycles. The lowest BCUT2D eigenvalue weighted by atomic mass is 10.1. The van der Waals surface area contributed by atoms with Crippen molar-refractivity contribution in [2.75, 3.05) is 17.5 Å². The zero-order valence-corrected chi connectivity index (χ0v) is 12.4. The van der Waals surface area contributed by atoms with Crippen LogP contribution < -0.4 is 9.04 Å². The molecule has 0 amide bonds. The van der Waals surface area contributed by atoms with Gasteiger partial charge in [-0.1, -0.05) is 12.1 Å². The lowest BCUT2D eigenvalue weighted by Gasteiger charge is -2.30. The number of nitrogens with zero attached hydrogens (tertiary/aromatic N) is 1. The molecule has 0 bridgehead atoms. The molecule has 6 nitrogen and oxygen atoms in total. The fraction of sp³-hybridized carbons (Fsp3) is 0.154. The van der Waals surface area contributed by atoms with Crippen molar-refractivity contribution >= 4 is 33.0 Å². The molecule has 3 rings (SSSR count). The van der Waals surface area contributed by atoms with Gasteiger partial charge in [-0.15, -0.1) is 11.3 Å². The molecule has 0 atom stereocenters. The molecule has 110 valence electrons. The van der Waals surface area contributed by atoms with Crippen LogP contribution in [0.3, 0.4) is 0 Å². The van der Waals surface area contributed by atoms with Crippen molar-refractivity contribution in [1.29, 1.82) is 0 Å². The Morgan fingerprint density at radius 3 is 2.76 bits per heavy atom. The molecule has 1 aliphatic rings. The second-order valence-electron chi connectivity index (χ2n) is 4.32. The van der Waals surface area contributed by atoms with Crippen LogP contribution in [-0.2, 0) is 10.0 Å². The Bertz CT molecular complexity index is 783. The van der Waals surface area contributed by atoms with Crippen LogP contribution >= 0.6 is 11.3 Å². The quantitative estimate of drug-likeness (QED) is 0.933. The van der Waals surface area contributed by atoms with Gasteiger partial charge in [0.15, 0.2) is 5.75 Å². The van der Waals surface area contributed by atoms with E-state index >= 15 is 0 Å².